The number of piperidine rings is 1. The molecule has 2 aliphatic heterocycles. The molecule has 0 radical (unpaired) electrons. The van der Waals surface area contributed by atoms with Crippen molar-refractivity contribution in [1.29, 1.82) is 0 Å². The Balaban J connectivity index is 1.83. The number of aromatic hydroxyl groups is 1. The number of hydrogen-bond donors (Lipinski definition) is 3. The van der Waals surface area contributed by atoms with Crippen molar-refractivity contribution in [3.05, 3.63) is 24.3 Å². The lowest BCUT2D eigenvalue weighted by molar-refractivity contribution is -0.201. The van der Waals surface area contributed by atoms with E-state index < -0.39 is 26.8 Å². The zero-order valence-electron chi connectivity index (χ0n) is 14.4. The highest BCUT2D eigenvalue weighted by molar-refractivity contribution is 7.93. The first-order chi connectivity index (χ1) is 12.5. The third kappa shape index (κ3) is 3.71. The van der Waals surface area contributed by atoms with Gasteiger partial charge < -0.3 is 15.2 Å². The predicted octanol–water partition coefficient (Wildman–Crippen LogP) is 0.862. The van der Waals surface area contributed by atoms with Crippen LogP contribution in [0, 0.1) is 0 Å². The lowest BCUT2D eigenvalue weighted by atomic mass is 9.96. The summed E-state index contributed by atoms with van der Waals surface area (Å²) >= 11 is 0. The van der Waals surface area contributed by atoms with Crippen LogP contribution in [0.5, 0.6) is 5.75 Å². The molecule has 144 valence electrons. The van der Waals surface area contributed by atoms with Crippen LogP contribution in [0.15, 0.2) is 29.2 Å². The molecule has 9 heteroatoms. The maximum absolute atomic E-state index is 13.3. The van der Waals surface area contributed by atoms with E-state index in [1.807, 2.05) is 0 Å². The summed E-state index contributed by atoms with van der Waals surface area (Å²) in [7, 11) is -3.98. The van der Waals surface area contributed by atoms with Crippen molar-refractivity contribution in [2.24, 2.45) is 0 Å². The number of amides is 1. The number of hydrogen-bond acceptors (Lipinski definition) is 7. The molecule has 0 aliphatic carbocycles. The molecule has 2 saturated heterocycles. The maximum atomic E-state index is 13.3. The summed E-state index contributed by atoms with van der Waals surface area (Å²) in [6.45, 7) is 1.37. The first kappa shape index (κ1) is 19.1. The van der Waals surface area contributed by atoms with E-state index in [4.69, 9.17) is 9.57 Å². The Labute approximate surface area is 152 Å². The van der Waals surface area contributed by atoms with Gasteiger partial charge in [0.2, 0.25) is 0 Å². The van der Waals surface area contributed by atoms with Crippen LogP contribution in [0.25, 0.3) is 0 Å². The number of nitrogens with one attached hydrogen (secondary N) is 2. The van der Waals surface area contributed by atoms with Gasteiger partial charge in [-0.1, -0.05) is 0 Å². The number of benzene rings is 1. The largest absolute Gasteiger partial charge is 0.508 e. The second-order valence-electron chi connectivity index (χ2n) is 6.59. The number of hydroxylamine groups is 1. The van der Waals surface area contributed by atoms with Crippen LogP contribution in [0.2, 0.25) is 0 Å². The molecule has 3 rings (SSSR count). The van der Waals surface area contributed by atoms with Gasteiger partial charge in [-0.15, -0.1) is 0 Å². The van der Waals surface area contributed by atoms with Crippen LogP contribution in [-0.4, -0.2) is 50.2 Å². The number of ether oxygens (including phenoxy) is 1. The molecule has 3 N–H and O–H groups in total. The first-order valence-corrected chi connectivity index (χ1v) is 10.3. The molecule has 1 atom stereocenters. The normalized spacial score (nSPS) is 23.3. The lowest BCUT2D eigenvalue weighted by Gasteiger charge is -2.35. The summed E-state index contributed by atoms with van der Waals surface area (Å²) in [5.41, 5.74) is 2.33. The van der Waals surface area contributed by atoms with E-state index in [2.05, 4.69) is 10.8 Å². The Morgan fingerprint density at radius 3 is 2.54 bits per heavy atom. The van der Waals surface area contributed by atoms with Crippen molar-refractivity contribution in [3.63, 3.8) is 0 Å². The van der Waals surface area contributed by atoms with Gasteiger partial charge in [0.1, 0.15) is 5.75 Å². The van der Waals surface area contributed by atoms with E-state index in [1.54, 1.807) is 0 Å². The standard InChI is InChI=1S/C17H24N2O6S/c20-13-4-6-14(7-5-13)26(22,23)17(8-10-18-11-9-17)16(21)19-25-15-3-1-2-12-24-15/h4-7,15,18,20H,1-3,8-12H2,(H,19,21). The van der Waals surface area contributed by atoms with E-state index >= 15 is 0 Å². The van der Waals surface area contributed by atoms with Crippen molar-refractivity contribution < 1.29 is 27.9 Å². The van der Waals surface area contributed by atoms with E-state index in [9.17, 15) is 18.3 Å². The molecule has 2 heterocycles. The SMILES string of the molecule is O=C(NOC1CCCCO1)C1(S(=O)(=O)c2ccc(O)cc2)CCNCC1. The predicted molar refractivity (Wildman–Crippen MR) is 92.9 cm³/mol. The quantitative estimate of drug-likeness (QED) is 0.645. The minimum Gasteiger partial charge on any atom is -0.508 e. The monoisotopic (exact) mass is 384 g/mol. The van der Waals surface area contributed by atoms with E-state index in [0.29, 0.717) is 26.1 Å². The third-order valence-electron chi connectivity index (χ3n) is 4.91. The lowest BCUT2D eigenvalue weighted by Crippen LogP contribution is -2.58. The molecule has 2 aliphatic rings. The van der Waals surface area contributed by atoms with Gasteiger partial charge in [0, 0.05) is 13.0 Å². The fraction of sp³-hybridized carbons (Fsp3) is 0.588. The van der Waals surface area contributed by atoms with E-state index in [-0.39, 0.29) is 23.5 Å². The second-order valence-corrected chi connectivity index (χ2v) is 8.85. The van der Waals surface area contributed by atoms with Crippen LogP contribution in [0.3, 0.4) is 0 Å². The summed E-state index contributed by atoms with van der Waals surface area (Å²) in [5.74, 6) is -0.716. The molecule has 1 amide bonds. The van der Waals surface area contributed by atoms with Gasteiger partial charge in [0.25, 0.3) is 5.91 Å². The molecule has 2 fully saturated rings. The molecule has 0 saturated carbocycles. The van der Waals surface area contributed by atoms with Crippen LogP contribution in [0.1, 0.15) is 32.1 Å². The number of sulfone groups is 1. The van der Waals surface area contributed by atoms with Crippen LogP contribution < -0.4 is 10.8 Å². The highest BCUT2D eigenvalue weighted by atomic mass is 32.2. The van der Waals surface area contributed by atoms with Crippen molar-refractivity contribution in [3.8, 4) is 5.75 Å². The maximum Gasteiger partial charge on any atom is 0.265 e. The molecular weight excluding hydrogens is 360 g/mol. The number of phenolic OH excluding ortho intramolecular Hbond substituents is 1. The minimum atomic E-state index is -3.98. The molecule has 0 aromatic heterocycles. The highest BCUT2D eigenvalue weighted by Gasteiger charge is 2.52. The topological polar surface area (TPSA) is 114 Å². The fourth-order valence-corrected chi connectivity index (χ4v) is 5.29. The summed E-state index contributed by atoms with van der Waals surface area (Å²) in [6, 6.07) is 5.22. The van der Waals surface area contributed by atoms with Gasteiger partial charge >= 0.3 is 0 Å². The average molecular weight is 384 g/mol. The van der Waals surface area contributed by atoms with Crippen LogP contribution >= 0.6 is 0 Å². The number of carbonyl (C=O) groups is 1. The van der Waals surface area contributed by atoms with Crippen molar-refractivity contribution in [2.45, 2.75) is 48.0 Å². The Morgan fingerprint density at radius 1 is 1.23 bits per heavy atom. The van der Waals surface area contributed by atoms with Gasteiger partial charge in [0.15, 0.2) is 20.9 Å². The summed E-state index contributed by atoms with van der Waals surface area (Å²) in [6.07, 6.45) is 2.25. The highest BCUT2D eigenvalue weighted by Crippen LogP contribution is 2.34. The Hall–Kier alpha value is -1.68. The van der Waals surface area contributed by atoms with Crippen molar-refractivity contribution in [1.82, 2.24) is 10.8 Å². The Bertz CT molecular complexity index is 722. The van der Waals surface area contributed by atoms with Gasteiger partial charge in [0.05, 0.1) is 4.90 Å². The number of rotatable bonds is 5. The number of carbonyl (C=O) groups excluding carboxylic acids is 1. The molecule has 0 bridgehead atoms. The molecule has 1 aromatic carbocycles. The summed E-state index contributed by atoms with van der Waals surface area (Å²) in [4.78, 5) is 18.2. The Morgan fingerprint density at radius 2 is 1.92 bits per heavy atom. The van der Waals surface area contributed by atoms with E-state index in [1.165, 1.54) is 24.3 Å². The molecule has 26 heavy (non-hydrogen) atoms. The summed E-state index contributed by atoms with van der Waals surface area (Å²) in [5, 5.41) is 12.5. The van der Waals surface area contributed by atoms with Crippen LogP contribution in [0.4, 0.5) is 0 Å². The van der Waals surface area contributed by atoms with Crippen molar-refractivity contribution in [2.75, 3.05) is 19.7 Å². The third-order valence-corrected chi connectivity index (χ3v) is 7.42. The fourth-order valence-electron chi connectivity index (χ4n) is 3.32. The smallest absolute Gasteiger partial charge is 0.265 e. The number of phenols is 1. The molecule has 0 spiro atoms. The summed E-state index contributed by atoms with van der Waals surface area (Å²) < 4.78 is 30.3. The Kier molecular flexibility index (Phi) is 5.81. The van der Waals surface area contributed by atoms with Gasteiger partial charge in [-0.05, 0) is 63.0 Å². The van der Waals surface area contributed by atoms with Gasteiger partial charge in [-0.3, -0.25) is 4.79 Å². The second kappa shape index (κ2) is 7.91. The molecule has 1 unspecified atom stereocenters. The van der Waals surface area contributed by atoms with E-state index in [0.717, 1.165) is 12.8 Å². The molecule has 8 nitrogen and oxygen atoms in total. The minimum absolute atomic E-state index is 0.00117. The zero-order chi connectivity index (χ0) is 18.6. The average Bonchev–Trinajstić information content (AvgIpc) is 2.67. The van der Waals surface area contributed by atoms with Gasteiger partial charge in [-0.2, -0.15) is 0 Å². The van der Waals surface area contributed by atoms with Gasteiger partial charge in [-0.25, -0.2) is 18.7 Å². The van der Waals surface area contributed by atoms with Crippen LogP contribution in [-0.2, 0) is 24.2 Å². The zero-order valence-corrected chi connectivity index (χ0v) is 15.3. The first-order valence-electron chi connectivity index (χ1n) is 8.78. The molecule has 1 aromatic rings. The molecular formula is C17H24N2O6S. The van der Waals surface area contributed by atoms with Crippen molar-refractivity contribution >= 4 is 15.7 Å².